The number of ether oxygens (including phenoxy) is 1. The van der Waals surface area contributed by atoms with Crippen LogP contribution < -0.4 is 9.64 Å². The Labute approximate surface area is 153 Å². The van der Waals surface area contributed by atoms with Crippen molar-refractivity contribution in [3.8, 4) is 5.75 Å². The number of halogens is 1. The summed E-state index contributed by atoms with van der Waals surface area (Å²) in [6, 6.07) is 5.36. The first kappa shape index (κ1) is 17.5. The van der Waals surface area contributed by atoms with E-state index in [1.54, 1.807) is 13.1 Å². The third-order valence-corrected chi connectivity index (χ3v) is 5.26. The van der Waals surface area contributed by atoms with Crippen molar-refractivity contribution < 1.29 is 19.6 Å². The molecule has 12 heteroatoms. The van der Waals surface area contributed by atoms with Crippen LogP contribution in [0.25, 0.3) is 0 Å². The Balaban J connectivity index is 1.75. The van der Waals surface area contributed by atoms with Gasteiger partial charge in [0.2, 0.25) is 10.1 Å². The monoisotopic (exact) mass is 429 g/mol. The number of alkyl halides is 1. The normalized spacial score (nSPS) is 18.5. The molecule has 1 aliphatic rings. The second-order valence-electron chi connectivity index (χ2n) is 5.12. The number of nitrogens with zero attached hydrogens (tertiary/aromatic N) is 5. The van der Waals surface area contributed by atoms with E-state index in [1.807, 2.05) is 0 Å². The molecule has 0 aliphatic carbocycles. The largest absolute Gasteiger partial charge is 0.472 e. The van der Waals surface area contributed by atoms with Gasteiger partial charge in [-0.25, -0.2) is 9.69 Å². The van der Waals surface area contributed by atoms with Gasteiger partial charge in [-0.3, -0.25) is 10.1 Å². The van der Waals surface area contributed by atoms with Crippen LogP contribution in [-0.4, -0.2) is 51.0 Å². The van der Waals surface area contributed by atoms with Gasteiger partial charge in [-0.2, -0.15) is 0 Å². The summed E-state index contributed by atoms with van der Waals surface area (Å²) in [5.41, 5.74) is -0.0935. The minimum atomic E-state index is -0.996. The molecular formula is C13H12BrN5O5S. The van der Waals surface area contributed by atoms with Crippen LogP contribution in [0, 0.1) is 10.1 Å². The first-order chi connectivity index (χ1) is 11.9. The molecule has 2 unspecified atom stereocenters. The average Bonchev–Trinajstić information content (AvgIpc) is 3.13. The minimum absolute atomic E-state index is 0.0935. The lowest BCUT2D eigenvalue weighted by atomic mass is 10.3. The summed E-state index contributed by atoms with van der Waals surface area (Å²) in [5.74, 6) is 0.282. The van der Waals surface area contributed by atoms with E-state index in [0.29, 0.717) is 5.01 Å². The fourth-order valence-electron chi connectivity index (χ4n) is 2.18. The zero-order valence-electron chi connectivity index (χ0n) is 12.8. The molecule has 1 fully saturated rings. The number of hydrogen-bond acceptors (Lipinski definition) is 8. The number of benzene rings is 1. The average molecular weight is 430 g/mol. The van der Waals surface area contributed by atoms with Gasteiger partial charge in [0.05, 0.1) is 17.5 Å². The van der Waals surface area contributed by atoms with Gasteiger partial charge in [0.1, 0.15) is 5.75 Å². The molecule has 25 heavy (non-hydrogen) atoms. The number of urea groups is 1. The molecule has 0 saturated carbocycles. The summed E-state index contributed by atoms with van der Waals surface area (Å²) in [4.78, 5) is 24.8. The van der Waals surface area contributed by atoms with E-state index in [9.17, 15) is 20.0 Å². The number of hydrogen-bond donors (Lipinski definition) is 1. The zero-order valence-corrected chi connectivity index (χ0v) is 15.2. The van der Waals surface area contributed by atoms with Gasteiger partial charge in [0.15, 0.2) is 11.2 Å². The van der Waals surface area contributed by atoms with Gasteiger partial charge in [-0.1, -0.05) is 17.4 Å². The predicted molar refractivity (Wildman–Crippen MR) is 91.8 cm³/mol. The number of likely N-dealkylation sites (N-methyl/N-ethyl adjacent to an activating group) is 1. The van der Waals surface area contributed by atoms with E-state index in [0.717, 1.165) is 16.2 Å². The molecule has 2 atom stereocenters. The minimum Gasteiger partial charge on any atom is -0.472 e. The molecule has 2 amide bonds. The lowest BCUT2D eigenvalue weighted by Crippen LogP contribution is -2.34. The highest BCUT2D eigenvalue weighted by Gasteiger charge is 2.37. The number of aliphatic hydroxyl groups excluding tert-OH is 1. The summed E-state index contributed by atoms with van der Waals surface area (Å²) in [6.45, 7) is 0.176. The highest BCUT2D eigenvalue weighted by atomic mass is 79.9. The molecule has 1 aliphatic heterocycles. The number of amides is 2. The van der Waals surface area contributed by atoms with E-state index in [1.165, 1.54) is 23.1 Å². The quantitative estimate of drug-likeness (QED) is 0.438. The van der Waals surface area contributed by atoms with Crippen LogP contribution in [0.4, 0.5) is 15.6 Å². The number of nitro groups is 1. The molecule has 1 N–H and O–H groups in total. The molecular weight excluding hydrogens is 418 g/mol. The summed E-state index contributed by atoms with van der Waals surface area (Å²) < 4.78 is 5.59. The van der Waals surface area contributed by atoms with Crippen LogP contribution in [0.3, 0.4) is 0 Å². The van der Waals surface area contributed by atoms with Crippen LogP contribution in [0.15, 0.2) is 24.3 Å². The molecule has 0 bridgehead atoms. The van der Waals surface area contributed by atoms with Crippen LogP contribution in [-0.2, 0) is 0 Å². The van der Waals surface area contributed by atoms with Crippen molar-refractivity contribution in [2.75, 3.05) is 18.5 Å². The maximum atomic E-state index is 12.0. The Kier molecular flexibility index (Phi) is 4.83. The summed E-state index contributed by atoms with van der Waals surface area (Å²) in [6.07, 6.45) is -0.996. The summed E-state index contributed by atoms with van der Waals surface area (Å²) >= 11 is 4.36. The highest BCUT2D eigenvalue weighted by molar-refractivity contribution is 9.09. The standard InChI is InChI=1S/C13H12BrN5O5S/c1-17-6-9(20)18(13(17)21)12-16-15-11(25-12)10(14)24-8-4-2-3-7(5-8)19(22)23/h2-5,9-10,20H,6H2,1H3. The molecule has 10 nitrogen and oxygen atoms in total. The van der Waals surface area contributed by atoms with Crippen LogP contribution in [0.2, 0.25) is 0 Å². The van der Waals surface area contributed by atoms with Crippen molar-refractivity contribution in [2.45, 2.75) is 11.2 Å². The van der Waals surface area contributed by atoms with Gasteiger partial charge in [0.25, 0.3) is 5.69 Å². The first-order valence-corrected chi connectivity index (χ1v) is 8.71. The Hall–Kier alpha value is -2.31. The zero-order chi connectivity index (χ0) is 18.1. The van der Waals surface area contributed by atoms with E-state index < -0.39 is 16.2 Å². The van der Waals surface area contributed by atoms with Crippen LogP contribution in [0.5, 0.6) is 5.75 Å². The lowest BCUT2D eigenvalue weighted by molar-refractivity contribution is -0.384. The molecule has 1 aromatic carbocycles. The van der Waals surface area contributed by atoms with E-state index in [-0.39, 0.29) is 29.1 Å². The number of carbonyl (C=O) groups is 1. The van der Waals surface area contributed by atoms with Crippen LogP contribution in [0.1, 0.15) is 10.0 Å². The first-order valence-electron chi connectivity index (χ1n) is 6.98. The third-order valence-electron chi connectivity index (χ3n) is 3.37. The van der Waals surface area contributed by atoms with Crippen molar-refractivity contribution in [1.29, 1.82) is 0 Å². The second kappa shape index (κ2) is 6.90. The Morgan fingerprint density at radius 3 is 2.92 bits per heavy atom. The van der Waals surface area contributed by atoms with Gasteiger partial charge in [-0.15, -0.1) is 10.2 Å². The number of β-amino-alcohol motifs (C(OH)–C–C–N with tert-alkyl or cyclic N) is 1. The van der Waals surface area contributed by atoms with Crippen molar-refractivity contribution in [2.24, 2.45) is 0 Å². The number of rotatable bonds is 5. The number of anilines is 1. The topological polar surface area (TPSA) is 122 Å². The molecule has 1 saturated heterocycles. The molecule has 132 valence electrons. The number of aromatic nitrogens is 2. The Morgan fingerprint density at radius 2 is 2.28 bits per heavy atom. The second-order valence-corrected chi connectivity index (χ2v) is 6.94. The van der Waals surface area contributed by atoms with Gasteiger partial charge < -0.3 is 14.7 Å². The SMILES string of the molecule is CN1CC(O)N(c2nnc(C(Br)Oc3cccc([N+](=O)[O-])c3)s2)C1=O. The highest BCUT2D eigenvalue weighted by Crippen LogP contribution is 2.34. The van der Waals surface area contributed by atoms with Crippen molar-refractivity contribution >= 4 is 44.1 Å². The molecule has 2 heterocycles. The van der Waals surface area contributed by atoms with Crippen molar-refractivity contribution in [1.82, 2.24) is 15.1 Å². The molecule has 1 aromatic heterocycles. The smallest absolute Gasteiger partial charge is 0.328 e. The fourth-order valence-corrected chi connectivity index (χ4v) is 3.56. The maximum Gasteiger partial charge on any atom is 0.328 e. The Bertz CT molecular complexity index is 818. The summed E-state index contributed by atoms with van der Waals surface area (Å²) in [7, 11) is 1.58. The Morgan fingerprint density at radius 1 is 1.52 bits per heavy atom. The van der Waals surface area contributed by atoms with Gasteiger partial charge in [-0.05, 0) is 22.0 Å². The fraction of sp³-hybridized carbons (Fsp3) is 0.308. The van der Waals surface area contributed by atoms with Crippen molar-refractivity contribution in [3.63, 3.8) is 0 Å². The molecule has 0 radical (unpaired) electrons. The number of carbonyl (C=O) groups excluding carboxylic acids is 1. The third kappa shape index (κ3) is 3.55. The van der Waals surface area contributed by atoms with Gasteiger partial charge in [0, 0.05) is 13.1 Å². The predicted octanol–water partition coefficient (Wildman–Crippen LogP) is 2.11. The van der Waals surface area contributed by atoms with Gasteiger partial charge >= 0.3 is 6.03 Å². The number of nitro benzene ring substituents is 1. The summed E-state index contributed by atoms with van der Waals surface area (Å²) in [5, 5.41) is 28.5. The number of non-ortho nitro benzene ring substituents is 1. The van der Waals surface area contributed by atoms with E-state index in [4.69, 9.17) is 4.74 Å². The molecule has 2 aromatic rings. The number of aliphatic hydroxyl groups is 1. The van der Waals surface area contributed by atoms with Crippen LogP contribution >= 0.6 is 27.3 Å². The molecule has 3 rings (SSSR count). The maximum absolute atomic E-state index is 12.0. The van der Waals surface area contributed by atoms with E-state index >= 15 is 0 Å². The molecule has 0 spiro atoms. The van der Waals surface area contributed by atoms with Crippen molar-refractivity contribution in [3.05, 3.63) is 39.4 Å². The lowest BCUT2D eigenvalue weighted by Gasteiger charge is -2.14. The van der Waals surface area contributed by atoms with E-state index in [2.05, 4.69) is 26.1 Å².